The highest BCUT2D eigenvalue weighted by Crippen LogP contribution is 2.05. The summed E-state index contributed by atoms with van der Waals surface area (Å²) in [5, 5.41) is 2.68. The summed E-state index contributed by atoms with van der Waals surface area (Å²) in [5.41, 5.74) is 5.52. The van der Waals surface area contributed by atoms with Gasteiger partial charge in [0.15, 0.2) is 0 Å². The number of likely N-dealkylation sites (N-methyl/N-ethyl adjacent to an activating group) is 2. The molecule has 0 bridgehead atoms. The third kappa shape index (κ3) is 4.61. The molecule has 0 saturated heterocycles. The normalized spacial score (nSPS) is 12.0. The Morgan fingerprint density at radius 3 is 2.31 bits per heavy atom. The predicted octanol–water partition coefficient (Wildman–Crippen LogP) is -0.0441. The van der Waals surface area contributed by atoms with Crippen LogP contribution in [0.3, 0.4) is 0 Å². The van der Waals surface area contributed by atoms with Gasteiger partial charge in [0, 0.05) is 19.6 Å². The molecule has 1 unspecified atom stereocenters. The van der Waals surface area contributed by atoms with Crippen LogP contribution in [0.4, 0.5) is 0 Å². The number of amides is 2. The number of rotatable bonds is 7. The van der Waals surface area contributed by atoms with Crippen molar-refractivity contribution in [2.45, 2.75) is 27.2 Å². The summed E-state index contributed by atoms with van der Waals surface area (Å²) in [6.45, 7) is 7.21. The van der Waals surface area contributed by atoms with E-state index in [1.54, 1.807) is 4.90 Å². The first-order valence-corrected chi connectivity index (χ1v) is 5.86. The van der Waals surface area contributed by atoms with E-state index >= 15 is 0 Å². The van der Waals surface area contributed by atoms with Gasteiger partial charge in [-0.2, -0.15) is 0 Å². The van der Waals surface area contributed by atoms with E-state index in [2.05, 4.69) is 5.32 Å². The molecule has 0 aromatic rings. The predicted molar refractivity (Wildman–Crippen MR) is 63.8 cm³/mol. The molecule has 3 N–H and O–H groups in total. The van der Waals surface area contributed by atoms with E-state index in [1.165, 1.54) is 0 Å². The summed E-state index contributed by atoms with van der Waals surface area (Å²) < 4.78 is 0. The molecule has 0 spiro atoms. The van der Waals surface area contributed by atoms with Crippen LogP contribution in [0.15, 0.2) is 0 Å². The minimum atomic E-state index is -0.172. The molecule has 5 heteroatoms. The average molecular weight is 229 g/mol. The molecule has 0 fully saturated rings. The molecule has 0 heterocycles. The average Bonchev–Trinajstić information content (AvgIpc) is 2.27. The Bertz CT molecular complexity index is 227. The van der Waals surface area contributed by atoms with Gasteiger partial charge in [0.05, 0.1) is 12.5 Å². The number of nitrogens with two attached hydrogens (primary N) is 1. The fourth-order valence-electron chi connectivity index (χ4n) is 1.47. The van der Waals surface area contributed by atoms with Crippen molar-refractivity contribution in [2.75, 3.05) is 26.2 Å². The van der Waals surface area contributed by atoms with E-state index in [0.29, 0.717) is 26.1 Å². The van der Waals surface area contributed by atoms with Gasteiger partial charge in [0.25, 0.3) is 0 Å². The molecular weight excluding hydrogens is 206 g/mol. The van der Waals surface area contributed by atoms with Crippen LogP contribution in [-0.2, 0) is 9.59 Å². The zero-order chi connectivity index (χ0) is 12.6. The van der Waals surface area contributed by atoms with Gasteiger partial charge in [-0.25, -0.2) is 0 Å². The Morgan fingerprint density at radius 2 is 1.94 bits per heavy atom. The number of hydrogen-bond donors (Lipinski definition) is 2. The van der Waals surface area contributed by atoms with E-state index in [0.717, 1.165) is 0 Å². The molecule has 0 aliphatic rings. The lowest BCUT2D eigenvalue weighted by atomic mass is 10.1. The van der Waals surface area contributed by atoms with Crippen LogP contribution in [0.2, 0.25) is 0 Å². The van der Waals surface area contributed by atoms with E-state index in [-0.39, 0.29) is 24.3 Å². The van der Waals surface area contributed by atoms with Crippen LogP contribution in [0, 0.1) is 5.92 Å². The lowest BCUT2D eigenvalue weighted by Crippen LogP contribution is -2.44. The summed E-state index contributed by atoms with van der Waals surface area (Å²) in [7, 11) is 0. The molecular formula is C11H23N3O2. The van der Waals surface area contributed by atoms with Crippen molar-refractivity contribution >= 4 is 11.8 Å². The largest absolute Gasteiger partial charge is 0.355 e. The third-order valence-electron chi connectivity index (χ3n) is 2.53. The SMILES string of the molecule is CCNC(=O)CN(CC)C(=O)C(CC)CN. The Morgan fingerprint density at radius 1 is 1.31 bits per heavy atom. The molecule has 0 saturated carbocycles. The number of hydrogen-bond acceptors (Lipinski definition) is 3. The van der Waals surface area contributed by atoms with Gasteiger partial charge in [-0.3, -0.25) is 9.59 Å². The molecule has 0 aliphatic carbocycles. The first kappa shape index (κ1) is 14.9. The Kier molecular flexibility index (Phi) is 7.54. The molecule has 0 rings (SSSR count). The van der Waals surface area contributed by atoms with Crippen LogP contribution in [0.1, 0.15) is 27.2 Å². The first-order valence-electron chi connectivity index (χ1n) is 5.86. The summed E-state index contributed by atoms with van der Waals surface area (Å²) in [6, 6.07) is 0. The van der Waals surface area contributed by atoms with Crippen LogP contribution in [0.25, 0.3) is 0 Å². The highest BCUT2D eigenvalue weighted by molar-refractivity contribution is 5.85. The highest BCUT2D eigenvalue weighted by atomic mass is 16.2. The second-order valence-electron chi connectivity index (χ2n) is 3.65. The zero-order valence-electron chi connectivity index (χ0n) is 10.5. The highest BCUT2D eigenvalue weighted by Gasteiger charge is 2.22. The van der Waals surface area contributed by atoms with Gasteiger partial charge < -0.3 is 16.0 Å². The minimum absolute atomic E-state index is 0.0289. The monoisotopic (exact) mass is 229 g/mol. The number of nitrogens with one attached hydrogen (secondary N) is 1. The summed E-state index contributed by atoms with van der Waals surface area (Å²) in [5.74, 6) is -0.322. The van der Waals surface area contributed by atoms with Crippen LogP contribution < -0.4 is 11.1 Å². The molecule has 5 nitrogen and oxygen atoms in total. The van der Waals surface area contributed by atoms with Gasteiger partial charge in [0.1, 0.15) is 0 Å². The van der Waals surface area contributed by atoms with Crippen LogP contribution in [0.5, 0.6) is 0 Å². The van der Waals surface area contributed by atoms with E-state index in [1.807, 2.05) is 20.8 Å². The Hall–Kier alpha value is -1.10. The number of carbonyl (C=O) groups is 2. The molecule has 0 aliphatic heterocycles. The second kappa shape index (κ2) is 8.10. The first-order chi connectivity index (χ1) is 7.60. The van der Waals surface area contributed by atoms with E-state index < -0.39 is 0 Å². The van der Waals surface area contributed by atoms with Crippen molar-refractivity contribution in [3.05, 3.63) is 0 Å². The van der Waals surface area contributed by atoms with Gasteiger partial charge in [-0.05, 0) is 20.3 Å². The van der Waals surface area contributed by atoms with Gasteiger partial charge in [0.2, 0.25) is 11.8 Å². The van der Waals surface area contributed by atoms with E-state index in [4.69, 9.17) is 5.73 Å². The third-order valence-corrected chi connectivity index (χ3v) is 2.53. The van der Waals surface area contributed by atoms with Crippen molar-refractivity contribution in [1.82, 2.24) is 10.2 Å². The standard InChI is InChI=1S/C11H23N3O2/c1-4-9(7-12)11(16)14(6-3)8-10(15)13-5-2/h9H,4-8,12H2,1-3H3,(H,13,15). The lowest BCUT2D eigenvalue weighted by molar-refractivity contribution is -0.139. The maximum absolute atomic E-state index is 11.9. The molecule has 16 heavy (non-hydrogen) atoms. The molecule has 94 valence electrons. The van der Waals surface area contributed by atoms with Crippen LogP contribution >= 0.6 is 0 Å². The van der Waals surface area contributed by atoms with Crippen molar-refractivity contribution in [2.24, 2.45) is 11.7 Å². The van der Waals surface area contributed by atoms with Crippen LogP contribution in [-0.4, -0.2) is 42.9 Å². The topological polar surface area (TPSA) is 75.4 Å². The number of carbonyl (C=O) groups excluding carboxylic acids is 2. The maximum Gasteiger partial charge on any atom is 0.239 e. The Balaban J connectivity index is 4.36. The van der Waals surface area contributed by atoms with Gasteiger partial charge in [-0.1, -0.05) is 6.92 Å². The molecule has 0 aromatic heterocycles. The maximum atomic E-state index is 11.9. The molecule has 0 radical (unpaired) electrons. The van der Waals surface area contributed by atoms with Crippen molar-refractivity contribution in [3.8, 4) is 0 Å². The molecule has 1 atom stereocenters. The molecule has 0 aromatic carbocycles. The summed E-state index contributed by atoms with van der Waals surface area (Å²) in [6.07, 6.45) is 0.710. The Labute approximate surface area is 97.4 Å². The van der Waals surface area contributed by atoms with Gasteiger partial charge >= 0.3 is 0 Å². The minimum Gasteiger partial charge on any atom is -0.355 e. The number of nitrogens with zero attached hydrogens (tertiary/aromatic N) is 1. The van der Waals surface area contributed by atoms with Gasteiger partial charge in [-0.15, -0.1) is 0 Å². The quantitative estimate of drug-likeness (QED) is 0.643. The molecule has 2 amide bonds. The van der Waals surface area contributed by atoms with Crippen molar-refractivity contribution < 1.29 is 9.59 Å². The van der Waals surface area contributed by atoms with Crippen molar-refractivity contribution in [3.63, 3.8) is 0 Å². The smallest absolute Gasteiger partial charge is 0.239 e. The fraction of sp³-hybridized carbons (Fsp3) is 0.818. The fourth-order valence-corrected chi connectivity index (χ4v) is 1.47. The van der Waals surface area contributed by atoms with E-state index in [9.17, 15) is 9.59 Å². The summed E-state index contributed by atoms with van der Waals surface area (Å²) >= 11 is 0. The summed E-state index contributed by atoms with van der Waals surface area (Å²) in [4.78, 5) is 24.9. The second-order valence-corrected chi connectivity index (χ2v) is 3.65. The lowest BCUT2D eigenvalue weighted by Gasteiger charge is -2.24. The van der Waals surface area contributed by atoms with Crippen molar-refractivity contribution in [1.29, 1.82) is 0 Å². The zero-order valence-corrected chi connectivity index (χ0v) is 10.5.